The number of carbonyl (C=O) groups is 2. The first kappa shape index (κ1) is 26.8. The van der Waals surface area contributed by atoms with E-state index in [4.69, 9.17) is 4.42 Å². The van der Waals surface area contributed by atoms with Gasteiger partial charge in [-0.25, -0.2) is 0 Å². The minimum Gasteiger partial charge on any atom is -0.503 e. The van der Waals surface area contributed by atoms with Crippen LogP contribution in [0.2, 0.25) is 0 Å². The number of hydrogen-bond donors (Lipinski definition) is 1. The van der Waals surface area contributed by atoms with Gasteiger partial charge in [-0.15, -0.1) is 0 Å². The van der Waals surface area contributed by atoms with Crippen molar-refractivity contribution in [1.29, 1.82) is 0 Å². The highest BCUT2D eigenvalue weighted by atomic mass is 79.9. The van der Waals surface area contributed by atoms with Gasteiger partial charge in [-0.3, -0.25) is 14.5 Å². The number of halogens is 1. The summed E-state index contributed by atoms with van der Waals surface area (Å²) in [4.78, 5) is 31.2. The fourth-order valence-electron chi connectivity index (χ4n) is 5.15. The number of rotatable bonds is 8. The molecule has 1 atom stereocenters. The predicted octanol–water partition coefficient (Wildman–Crippen LogP) is 7.95. The van der Waals surface area contributed by atoms with Crippen molar-refractivity contribution in [2.24, 2.45) is 0 Å². The molecule has 200 valence electrons. The number of Topliss-reactive ketones (excluding diaryl/α,β-unsaturated/α-hetero) is 1. The lowest BCUT2D eigenvalue weighted by Crippen LogP contribution is -2.31. The minimum absolute atomic E-state index is 0.00153. The van der Waals surface area contributed by atoms with Crippen molar-refractivity contribution in [3.63, 3.8) is 0 Å². The third-order valence-electron chi connectivity index (χ3n) is 7.33. The Labute approximate surface area is 236 Å². The van der Waals surface area contributed by atoms with Crippen molar-refractivity contribution in [1.82, 2.24) is 0 Å². The second-order valence-corrected chi connectivity index (χ2v) is 10.9. The van der Waals surface area contributed by atoms with Crippen LogP contribution in [-0.2, 0) is 4.79 Å². The van der Waals surface area contributed by atoms with Crippen LogP contribution in [0.5, 0.6) is 0 Å². The van der Waals surface area contributed by atoms with Crippen LogP contribution in [0.3, 0.4) is 0 Å². The molecular weight excluding hydrogens is 556 g/mol. The molecule has 1 N–H and O–H groups in total. The van der Waals surface area contributed by atoms with Crippen molar-refractivity contribution in [3.8, 4) is 0 Å². The minimum atomic E-state index is -0.819. The van der Waals surface area contributed by atoms with Crippen LogP contribution in [0.4, 0.5) is 11.4 Å². The molecule has 1 aliphatic rings. The standard InChI is InChI=1S/C32H31BrN2O4/c1-5-34(6-2)24-12-9-21(10-13-24)29-28(30(36)27-18-22-17-23(33)11-16-26(22)39-27)31(37)32(38)35(29)25-14-7-20(8-15-25)19(3)4/h7-19,29,37H,5-6H2,1-4H3. The second-order valence-electron chi connectivity index (χ2n) is 9.97. The topological polar surface area (TPSA) is 74.0 Å². The summed E-state index contributed by atoms with van der Waals surface area (Å²) in [6, 6.07) is 21.8. The lowest BCUT2D eigenvalue weighted by molar-refractivity contribution is -0.117. The third-order valence-corrected chi connectivity index (χ3v) is 7.82. The largest absolute Gasteiger partial charge is 0.503 e. The SMILES string of the molecule is CCN(CC)c1ccc(C2C(C(=O)c3cc4cc(Br)ccc4o3)=C(O)C(=O)N2c2ccc(C(C)C)cc2)cc1. The number of furan rings is 1. The molecule has 0 spiro atoms. The summed E-state index contributed by atoms with van der Waals surface area (Å²) in [5.74, 6) is -1.31. The fraction of sp³-hybridized carbons (Fsp3) is 0.250. The molecule has 6 nitrogen and oxygen atoms in total. The van der Waals surface area contributed by atoms with E-state index in [1.54, 1.807) is 12.1 Å². The molecule has 0 saturated heterocycles. The third kappa shape index (κ3) is 4.87. The Bertz CT molecular complexity index is 1560. The van der Waals surface area contributed by atoms with Gasteiger partial charge in [-0.05, 0) is 79.4 Å². The van der Waals surface area contributed by atoms with Gasteiger partial charge in [0.05, 0.1) is 11.6 Å². The average Bonchev–Trinajstić information content (AvgIpc) is 3.47. The Kier molecular flexibility index (Phi) is 7.36. The summed E-state index contributed by atoms with van der Waals surface area (Å²) in [5.41, 5.74) is 4.05. The lowest BCUT2D eigenvalue weighted by Gasteiger charge is -2.28. The van der Waals surface area contributed by atoms with Gasteiger partial charge in [0.25, 0.3) is 5.91 Å². The number of aliphatic hydroxyl groups is 1. The Morgan fingerprint density at radius 1 is 1.00 bits per heavy atom. The fourth-order valence-corrected chi connectivity index (χ4v) is 5.53. The zero-order valence-corrected chi connectivity index (χ0v) is 24.0. The zero-order chi connectivity index (χ0) is 27.8. The Hall–Kier alpha value is -3.84. The van der Waals surface area contributed by atoms with Gasteiger partial charge in [0.1, 0.15) is 5.58 Å². The molecule has 1 aromatic heterocycles. The van der Waals surface area contributed by atoms with E-state index in [1.807, 2.05) is 60.7 Å². The van der Waals surface area contributed by atoms with E-state index in [0.29, 0.717) is 17.2 Å². The summed E-state index contributed by atoms with van der Waals surface area (Å²) >= 11 is 3.45. The maximum absolute atomic E-state index is 13.9. The number of carbonyl (C=O) groups excluding carboxylic acids is 2. The molecule has 4 aromatic rings. The normalized spacial score (nSPS) is 15.6. The van der Waals surface area contributed by atoms with Gasteiger partial charge in [-0.1, -0.05) is 54.0 Å². The van der Waals surface area contributed by atoms with E-state index < -0.39 is 23.5 Å². The molecule has 1 aliphatic heterocycles. The molecule has 3 aromatic carbocycles. The number of anilines is 2. The number of fused-ring (bicyclic) bond motifs is 1. The van der Waals surface area contributed by atoms with Crippen molar-refractivity contribution >= 4 is 50.0 Å². The van der Waals surface area contributed by atoms with Gasteiger partial charge < -0.3 is 14.4 Å². The summed E-state index contributed by atoms with van der Waals surface area (Å²) in [6.07, 6.45) is 0. The second kappa shape index (κ2) is 10.7. The van der Waals surface area contributed by atoms with E-state index in [1.165, 1.54) is 4.90 Å². The number of benzene rings is 3. The molecule has 1 unspecified atom stereocenters. The highest BCUT2D eigenvalue weighted by molar-refractivity contribution is 9.10. The molecule has 0 bridgehead atoms. The van der Waals surface area contributed by atoms with E-state index in [0.717, 1.165) is 39.8 Å². The van der Waals surface area contributed by atoms with Gasteiger partial charge in [0.2, 0.25) is 5.78 Å². The van der Waals surface area contributed by atoms with Crippen LogP contribution in [0, 0.1) is 0 Å². The molecule has 0 aliphatic carbocycles. The highest BCUT2D eigenvalue weighted by Gasteiger charge is 2.45. The first-order valence-electron chi connectivity index (χ1n) is 13.2. The molecule has 5 rings (SSSR count). The summed E-state index contributed by atoms with van der Waals surface area (Å²) in [7, 11) is 0. The zero-order valence-electron chi connectivity index (χ0n) is 22.4. The van der Waals surface area contributed by atoms with Crippen molar-refractivity contribution in [2.75, 3.05) is 22.9 Å². The Balaban J connectivity index is 1.62. The van der Waals surface area contributed by atoms with E-state index >= 15 is 0 Å². The van der Waals surface area contributed by atoms with Crippen molar-refractivity contribution < 1.29 is 19.1 Å². The first-order chi connectivity index (χ1) is 18.7. The number of aliphatic hydroxyl groups excluding tert-OH is 1. The molecule has 7 heteroatoms. The van der Waals surface area contributed by atoms with Crippen LogP contribution in [0.25, 0.3) is 11.0 Å². The smallest absolute Gasteiger partial charge is 0.294 e. The Morgan fingerprint density at radius 3 is 2.28 bits per heavy atom. The molecule has 0 radical (unpaired) electrons. The number of hydrogen-bond acceptors (Lipinski definition) is 5. The quantitative estimate of drug-likeness (QED) is 0.212. The van der Waals surface area contributed by atoms with E-state index in [9.17, 15) is 14.7 Å². The maximum Gasteiger partial charge on any atom is 0.294 e. The van der Waals surface area contributed by atoms with Crippen LogP contribution in [0.15, 0.2) is 93.0 Å². The van der Waals surface area contributed by atoms with Gasteiger partial charge in [0, 0.05) is 34.3 Å². The maximum atomic E-state index is 13.9. The summed E-state index contributed by atoms with van der Waals surface area (Å²) in [5, 5.41) is 11.9. The molecule has 0 fully saturated rings. The van der Waals surface area contributed by atoms with Gasteiger partial charge in [0.15, 0.2) is 11.5 Å². The number of nitrogens with zero attached hydrogens (tertiary/aromatic N) is 2. The molecule has 2 heterocycles. The van der Waals surface area contributed by atoms with Crippen LogP contribution < -0.4 is 9.80 Å². The molecule has 39 heavy (non-hydrogen) atoms. The van der Waals surface area contributed by atoms with Crippen LogP contribution in [0.1, 0.15) is 61.3 Å². The number of ketones is 1. The van der Waals surface area contributed by atoms with E-state index in [2.05, 4.69) is 48.5 Å². The first-order valence-corrected chi connectivity index (χ1v) is 14.0. The van der Waals surface area contributed by atoms with Crippen LogP contribution >= 0.6 is 15.9 Å². The van der Waals surface area contributed by atoms with Crippen molar-refractivity contribution in [2.45, 2.75) is 39.7 Å². The lowest BCUT2D eigenvalue weighted by atomic mass is 9.94. The Morgan fingerprint density at radius 2 is 1.67 bits per heavy atom. The monoisotopic (exact) mass is 586 g/mol. The van der Waals surface area contributed by atoms with Gasteiger partial charge >= 0.3 is 0 Å². The van der Waals surface area contributed by atoms with Gasteiger partial charge in [-0.2, -0.15) is 0 Å². The molecule has 1 amide bonds. The molecular formula is C32H31BrN2O4. The summed E-state index contributed by atoms with van der Waals surface area (Å²) in [6.45, 7) is 10.1. The number of amides is 1. The van der Waals surface area contributed by atoms with Crippen molar-refractivity contribution in [3.05, 3.63) is 105 Å². The molecule has 0 saturated carbocycles. The predicted molar refractivity (Wildman–Crippen MR) is 159 cm³/mol. The van der Waals surface area contributed by atoms with E-state index in [-0.39, 0.29) is 11.3 Å². The average molecular weight is 588 g/mol. The summed E-state index contributed by atoms with van der Waals surface area (Å²) < 4.78 is 6.73. The highest BCUT2D eigenvalue weighted by Crippen LogP contribution is 2.43. The van der Waals surface area contributed by atoms with Crippen LogP contribution in [-0.4, -0.2) is 29.9 Å².